The SMILES string of the molecule is Cc1cccc(Cl)c1-n1nc2c(c1-c1ccc3[nH]ccc3c1)CN(Cc1ccccc1C(F)(F)F)CC2. The van der Waals surface area contributed by atoms with Crippen LogP contribution in [0, 0.1) is 6.92 Å². The van der Waals surface area contributed by atoms with Gasteiger partial charge in [-0.2, -0.15) is 18.3 Å². The number of alkyl halides is 3. The predicted molar refractivity (Wildman–Crippen MR) is 140 cm³/mol. The van der Waals surface area contributed by atoms with Crippen LogP contribution in [0.5, 0.6) is 0 Å². The molecule has 3 aromatic carbocycles. The maximum absolute atomic E-state index is 13.6. The minimum atomic E-state index is -4.39. The Morgan fingerprint density at radius 2 is 1.86 bits per heavy atom. The summed E-state index contributed by atoms with van der Waals surface area (Å²) in [5.41, 5.74) is 6.41. The second kappa shape index (κ2) is 9.08. The van der Waals surface area contributed by atoms with Crippen molar-refractivity contribution in [2.45, 2.75) is 32.6 Å². The monoisotopic (exact) mass is 520 g/mol. The van der Waals surface area contributed by atoms with E-state index in [0.29, 0.717) is 24.5 Å². The van der Waals surface area contributed by atoms with Crippen LogP contribution in [0.4, 0.5) is 13.2 Å². The molecule has 188 valence electrons. The summed E-state index contributed by atoms with van der Waals surface area (Å²) < 4.78 is 42.9. The molecule has 0 atom stereocenters. The van der Waals surface area contributed by atoms with E-state index in [2.05, 4.69) is 22.0 Å². The van der Waals surface area contributed by atoms with Crippen molar-refractivity contribution in [3.8, 4) is 16.9 Å². The molecule has 8 heteroatoms. The Labute approximate surface area is 217 Å². The Bertz CT molecular complexity index is 1600. The maximum Gasteiger partial charge on any atom is 0.416 e. The summed E-state index contributed by atoms with van der Waals surface area (Å²) in [6.45, 7) is 3.32. The highest BCUT2D eigenvalue weighted by molar-refractivity contribution is 6.32. The highest BCUT2D eigenvalue weighted by atomic mass is 35.5. The number of nitrogens with one attached hydrogen (secondary N) is 1. The predicted octanol–water partition coefficient (Wildman–Crippen LogP) is 7.56. The van der Waals surface area contributed by atoms with Gasteiger partial charge >= 0.3 is 6.18 Å². The van der Waals surface area contributed by atoms with Gasteiger partial charge in [0.2, 0.25) is 0 Å². The molecule has 1 aliphatic rings. The number of nitrogens with zero attached hydrogens (tertiary/aromatic N) is 3. The normalized spacial score (nSPS) is 14.3. The van der Waals surface area contributed by atoms with Crippen LogP contribution in [0.15, 0.2) is 72.9 Å². The highest BCUT2D eigenvalue weighted by Gasteiger charge is 2.34. The molecule has 3 heterocycles. The average molecular weight is 521 g/mol. The molecular weight excluding hydrogens is 497 g/mol. The van der Waals surface area contributed by atoms with E-state index in [0.717, 1.165) is 50.7 Å². The first kappa shape index (κ1) is 23.8. The van der Waals surface area contributed by atoms with Gasteiger partial charge in [-0.1, -0.05) is 48.0 Å². The number of aromatic amines is 1. The number of hydrogen-bond donors (Lipinski definition) is 1. The fourth-order valence-electron chi connectivity index (χ4n) is 5.29. The van der Waals surface area contributed by atoms with Gasteiger partial charge in [-0.25, -0.2) is 4.68 Å². The Morgan fingerprint density at radius 1 is 1.03 bits per heavy atom. The van der Waals surface area contributed by atoms with Crippen LogP contribution in [-0.4, -0.2) is 26.2 Å². The molecule has 0 unspecified atom stereocenters. The number of aryl methyl sites for hydroxylation is 1. The Kier molecular flexibility index (Phi) is 5.85. The Morgan fingerprint density at radius 3 is 2.68 bits per heavy atom. The molecule has 0 aliphatic carbocycles. The van der Waals surface area contributed by atoms with E-state index in [4.69, 9.17) is 16.7 Å². The molecule has 4 nitrogen and oxygen atoms in total. The zero-order valence-corrected chi connectivity index (χ0v) is 20.9. The second-order valence-corrected chi connectivity index (χ2v) is 9.89. The number of benzene rings is 3. The van der Waals surface area contributed by atoms with Crippen molar-refractivity contribution in [3.05, 3.63) is 106 Å². The van der Waals surface area contributed by atoms with Gasteiger partial charge in [0.05, 0.1) is 27.7 Å². The van der Waals surface area contributed by atoms with Crippen molar-refractivity contribution in [3.63, 3.8) is 0 Å². The minimum Gasteiger partial charge on any atom is -0.361 e. The van der Waals surface area contributed by atoms with Gasteiger partial charge in [0.15, 0.2) is 0 Å². The molecular formula is C29H24ClF3N4. The van der Waals surface area contributed by atoms with Crippen molar-refractivity contribution in [2.24, 2.45) is 0 Å². The number of aromatic nitrogens is 3. The lowest BCUT2D eigenvalue weighted by molar-refractivity contribution is -0.138. The molecule has 0 fully saturated rings. The molecule has 2 aromatic heterocycles. The van der Waals surface area contributed by atoms with Crippen molar-refractivity contribution in [1.82, 2.24) is 19.7 Å². The lowest BCUT2D eigenvalue weighted by Gasteiger charge is -2.28. The summed E-state index contributed by atoms with van der Waals surface area (Å²) in [7, 11) is 0. The van der Waals surface area contributed by atoms with Crippen molar-refractivity contribution in [2.75, 3.05) is 6.54 Å². The number of para-hydroxylation sites is 1. The zero-order valence-electron chi connectivity index (χ0n) is 20.1. The Balaban J connectivity index is 1.46. The third kappa shape index (κ3) is 4.32. The van der Waals surface area contributed by atoms with E-state index in [-0.39, 0.29) is 12.1 Å². The van der Waals surface area contributed by atoms with Gasteiger partial charge in [-0.3, -0.25) is 4.90 Å². The Hall–Kier alpha value is -3.55. The van der Waals surface area contributed by atoms with Gasteiger partial charge < -0.3 is 4.98 Å². The molecule has 0 spiro atoms. The fraction of sp³-hybridized carbons (Fsp3) is 0.207. The largest absolute Gasteiger partial charge is 0.416 e. The van der Waals surface area contributed by atoms with Gasteiger partial charge in [-0.15, -0.1) is 0 Å². The van der Waals surface area contributed by atoms with Gasteiger partial charge in [0.25, 0.3) is 0 Å². The second-order valence-electron chi connectivity index (χ2n) is 9.49. The van der Waals surface area contributed by atoms with E-state index in [1.165, 1.54) is 6.07 Å². The summed E-state index contributed by atoms with van der Waals surface area (Å²) >= 11 is 6.68. The molecule has 0 amide bonds. The van der Waals surface area contributed by atoms with E-state index in [1.807, 2.05) is 48.1 Å². The molecule has 0 bridgehead atoms. The van der Waals surface area contributed by atoms with Gasteiger partial charge in [0.1, 0.15) is 0 Å². The van der Waals surface area contributed by atoms with Gasteiger partial charge in [0, 0.05) is 54.3 Å². The summed E-state index contributed by atoms with van der Waals surface area (Å²) in [6, 6.07) is 19.8. The number of rotatable bonds is 4. The summed E-state index contributed by atoms with van der Waals surface area (Å²) in [5.74, 6) is 0. The molecule has 0 saturated carbocycles. The molecule has 0 radical (unpaired) electrons. The van der Waals surface area contributed by atoms with E-state index in [9.17, 15) is 13.2 Å². The lowest BCUT2D eigenvalue weighted by atomic mass is 9.98. The van der Waals surface area contributed by atoms with Crippen LogP contribution in [-0.2, 0) is 25.7 Å². The average Bonchev–Trinajstić information content (AvgIpc) is 3.47. The first-order valence-corrected chi connectivity index (χ1v) is 12.5. The quantitative estimate of drug-likeness (QED) is 0.265. The first-order valence-electron chi connectivity index (χ1n) is 12.1. The van der Waals surface area contributed by atoms with Crippen molar-refractivity contribution < 1.29 is 13.2 Å². The van der Waals surface area contributed by atoms with E-state index in [1.54, 1.807) is 12.1 Å². The van der Waals surface area contributed by atoms with Crippen LogP contribution in [0.2, 0.25) is 5.02 Å². The molecule has 0 saturated heterocycles. The molecule has 1 N–H and O–H groups in total. The van der Waals surface area contributed by atoms with Crippen molar-refractivity contribution in [1.29, 1.82) is 0 Å². The summed E-state index contributed by atoms with van der Waals surface area (Å²) in [4.78, 5) is 5.29. The number of H-pyrrole nitrogens is 1. The molecule has 6 rings (SSSR count). The van der Waals surface area contributed by atoms with E-state index < -0.39 is 11.7 Å². The van der Waals surface area contributed by atoms with E-state index >= 15 is 0 Å². The zero-order chi connectivity index (χ0) is 25.7. The third-order valence-corrected chi connectivity index (χ3v) is 7.36. The molecule has 1 aliphatic heterocycles. The van der Waals surface area contributed by atoms with Crippen LogP contribution in [0.1, 0.15) is 27.9 Å². The topological polar surface area (TPSA) is 36.9 Å². The standard InChI is InChI=1S/C29H24ClF3N4/c1-18-5-4-8-24(30)27(18)37-28(20-9-10-25-19(15-20)11-13-34-25)22-17-36(14-12-26(22)35-37)16-21-6-2-3-7-23(21)29(31,32)33/h2-11,13,15,34H,12,14,16-17H2,1H3. The van der Waals surface area contributed by atoms with Crippen LogP contribution in [0.3, 0.4) is 0 Å². The smallest absolute Gasteiger partial charge is 0.361 e. The van der Waals surface area contributed by atoms with Gasteiger partial charge in [-0.05, 0) is 48.4 Å². The minimum absolute atomic E-state index is 0.210. The number of hydrogen-bond acceptors (Lipinski definition) is 2. The highest BCUT2D eigenvalue weighted by Crippen LogP contribution is 2.38. The lowest BCUT2D eigenvalue weighted by Crippen LogP contribution is -2.30. The fourth-order valence-corrected chi connectivity index (χ4v) is 5.59. The number of fused-ring (bicyclic) bond motifs is 2. The van der Waals surface area contributed by atoms with Crippen molar-refractivity contribution >= 4 is 22.5 Å². The molecule has 37 heavy (non-hydrogen) atoms. The number of halogens is 4. The first-order chi connectivity index (χ1) is 17.8. The summed E-state index contributed by atoms with van der Waals surface area (Å²) in [5, 5.41) is 6.67. The van der Waals surface area contributed by atoms with Crippen LogP contribution in [0.25, 0.3) is 27.8 Å². The van der Waals surface area contributed by atoms with Crippen LogP contribution >= 0.6 is 11.6 Å². The molecule has 5 aromatic rings. The van der Waals surface area contributed by atoms with Crippen LogP contribution < -0.4 is 0 Å². The maximum atomic E-state index is 13.6. The summed E-state index contributed by atoms with van der Waals surface area (Å²) in [6.07, 6.45) is -1.85. The third-order valence-electron chi connectivity index (χ3n) is 7.06.